The van der Waals surface area contributed by atoms with Crippen LogP contribution in [0.25, 0.3) is 5.69 Å². The number of benzene rings is 1. The predicted octanol–water partition coefficient (Wildman–Crippen LogP) is 4.31. The van der Waals surface area contributed by atoms with E-state index >= 15 is 0 Å². The molecule has 5 nitrogen and oxygen atoms in total. The standard InChI is InChI=1S/C17H17N3O2S/c1-10-11(2)22-12(3)15(10)16(21)19-13-5-4-6-14(9-13)20-8-7-18-17(20)23/h4-9H,1-3H3,(H,18,23)(H,19,21). The maximum absolute atomic E-state index is 12.5. The van der Waals surface area contributed by atoms with Crippen LogP contribution in [0.4, 0.5) is 5.69 Å². The minimum atomic E-state index is -0.174. The van der Waals surface area contributed by atoms with Crippen LogP contribution in [0.15, 0.2) is 41.1 Å². The molecule has 0 aliphatic heterocycles. The first-order valence-corrected chi connectivity index (χ1v) is 7.62. The molecule has 0 saturated heterocycles. The molecule has 0 atom stereocenters. The Hall–Kier alpha value is -2.60. The summed E-state index contributed by atoms with van der Waals surface area (Å²) in [6.45, 7) is 5.54. The summed E-state index contributed by atoms with van der Waals surface area (Å²) >= 11 is 5.22. The molecule has 0 aliphatic carbocycles. The minimum Gasteiger partial charge on any atom is -0.466 e. The summed E-state index contributed by atoms with van der Waals surface area (Å²) in [4.78, 5) is 15.5. The van der Waals surface area contributed by atoms with Crippen molar-refractivity contribution in [2.24, 2.45) is 0 Å². The van der Waals surface area contributed by atoms with Gasteiger partial charge in [0.1, 0.15) is 11.5 Å². The highest BCUT2D eigenvalue weighted by atomic mass is 32.1. The number of aromatic amines is 1. The van der Waals surface area contributed by atoms with E-state index in [1.54, 1.807) is 13.1 Å². The molecule has 0 unspecified atom stereocenters. The van der Waals surface area contributed by atoms with E-state index in [4.69, 9.17) is 16.6 Å². The normalized spacial score (nSPS) is 10.7. The summed E-state index contributed by atoms with van der Waals surface area (Å²) in [5.74, 6) is 1.22. The van der Waals surface area contributed by atoms with Gasteiger partial charge in [0.2, 0.25) is 0 Å². The summed E-state index contributed by atoms with van der Waals surface area (Å²) in [6, 6.07) is 7.52. The summed E-state index contributed by atoms with van der Waals surface area (Å²) in [5.41, 5.74) is 3.04. The van der Waals surface area contributed by atoms with E-state index in [1.807, 2.05) is 48.9 Å². The molecule has 6 heteroatoms. The van der Waals surface area contributed by atoms with Gasteiger partial charge in [-0.15, -0.1) is 0 Å². The molecule has 2 N–H and O–H groups in total. The number of hydrogen-bond acceptors (Lipinski definition) is 3. The number of nitrogens with zero attached hydrogens (tertiary/aromatic N) is 1. The number of carbonyl (C=O) groups excluding carboxylic acids is 1. The summed E-state index contributed by atoms with van der Waals surface area (Å²) in [6.07, 6.45) is 3.62. The van der Waals surface area contributed by atoms with E-state index in [1.165, 1.54) is 0 Å². The number of furan rings is 1. The van der Waals surface area contributed by atoms with Crippen LogP contribution in [0, 0.1) is 25.5 Å². The van der Waals surface area contributed by atoms with Crippen LogP contribution >= 0.6 is 12.2 Å². The minimum absolute atomic E-state index is 0.174. The number of imidazole rings is 1. The highest BCUT2D eigenvalue weighted by Gasteiger charge is 2.18. The third-order valence-corrected chi connectivity index (χ3v) is 4.13. The van der Waals surface area contributed by atoms with Gasteiger partial charge in [-0.2, -0.15) is 0 Å². The van der Waals surface area contributed by atoms with Gasteiger partial charge in [0.25, 0.3) is 5.91 Å². The van der Waals surface area contributed by atoms with Crippen molar-refractivity contribution in [2.75, 3.05) is 5.32 Å². The average Bonchev–Trinajstić information content (AvgIpc) is 3.03. The highest BCUT2D eigenvalue weighted by molar-refractivity contribution is 7.71. The quantitative estimate of drug-likeness (QED) is 0.705. The van der Waals surface area contributed by atoms with Crippen molar-refractivity contribution in [1.82, 2.24) is 9.55 Å². The second kappa shape index (κ2) is 5.89. The van der Waals surface area contributed by atoms with Crippen molar-refractivity contribution >= 4 is 23.8 Å². The molecule has 1 amide bonds. The second-order valence-electron chi connectivity index (χ2n) is 5.35. The van der Waals surface area contributed by atoms with Crippen molar-refractivity contribution in [2.45, 2.75) is 20.8 Å². The topological polar surface area (TPSA) is 63.0 Å². The molecule has 0 saturated carbocycles. The van der Waals surface area contributed by atoms with E-state index in [-0.39, 0.29) is 5.91 Å². The Morgan fingerprint density at radius 1 is 1.26 bits per heavy atom. The van der Waals surface area contributed by atoms with Crippen LogP contribution in [-0.4, -0.2) is 15.5 Å². The van der Waals surface area contributed by atoms with Crippen LogP contribution < -0.4 is 5.32 Å². The Labute approximate surface area is 139 Å². The smallest absolute Gasteiger partial charge is 0.259 e. The Morgan fingerprint density at radius 3 is 2.65 bits per heavy atom. The number of anilines is 1. The fraction of sp³-hybridized carbons (Fsp3) is 0.176. The van der Waals surface area contributed by atoms with Crippen molar-refractivity contribution in [3.8, 4) is 5.69 Å². The summed E-state index contributed by atoms with van der Waals surface area (Å²) in [7, 11) is 0. The molecule has 0 bridgehead atoms. The van der Waals surface area contributed by atoms with Crippen LogP contribution in [0.1, 0.15) is 27.4 Å². The van der Waals surface area contributed by atoms with Gasteiger partial charge in [0.15, 0.2) is 4.77 Å². The fourth-order valence-electron chi connectivity index (χ4n) is 2.58. The van der Waals surface area contributed by atoms with E-state index in [9.17, 15) is 4.79 Å². The zero-order valence-corrected chi connectivity index (χ0v) is 14.0. The number of H-pyrrole nitrogens is 1. The maximum atomic E-state index is 12.5. The van der Waals surface area contributed by atoms with Gasteiger partial charge in [-0.25, -0.2) is 0 Å². The Kier molecular flexibility index (Phi) is 3.92. The molecule has 2 aromatic heterocycles. The molecule has 118 valence electrons. The third-order valence-electron chi connectivity index (χ3n) is 3.82. The molecular formula is C17H17N3O2S. The van der Waals surface area contributed by atoms with Crippen molar-refractivity contribution < 1.29 is 9.21 Å². The lowest BCUT2D eigenvalue weighted by molar-refractivity contribution is 0.102. The van der Waals surface area contributed by atoms with Crippen molar-refractivity contribution in [3.05, 3.63) is 64.1 Å². The van der Waals surface area contributed by atoms with E-state index < -0.39 is 0 Å². The zero-order valence-electron chi connectivity index (χ0n) is 13.1. The first-order valence-electron chi connectivity index (χ1n) is 7.22. The number of aromatic nitrogens is 2. The van der Waals surface area contributed by atoms with E-state index in [2.05, 4.69) is 10.3 Å². The first-order chi connectivity index (χ1) is 11.0. The maximum Gasteiger partial charge on any atom is 0.259 e. The van der Waals surface area contributed by atoms with Gasteiger partial charge in [-0.05, 0) is 51.2 Å². The Bertz CT molecular complexity index is 933. The lowest BCUT2D eigenvalue weighted by Crippen LogP contribution is -2.13. The molecular weight excluding hydrogens is 310 g/mol. The molecule has 3 aromatic rings. The largest absolute Gasteiger partial charge is 0.466 e. The number of hydrogen-bond donors (Lipinski definition) is 2. The zero-order chi connectivity index (χ0) is 16.6. The molecule has 2 heterocycles. The van der Waals surface area contributed by atoms with Crippen LogP contribution in [0.2, 0.25) is 0 Å². The lowest BCUT2D eigenvalue weighted by Gasteiger charge is -2.08. The molecule has 0 aliphatic rings. The fourth-order valence-corrected chi connectivity index (χ4v) is 2.81. The Balaban J connectivity index is 1.90. The van der Waals surface area contributed by atoms with Crippen LogP contribution in [0.3, 0.4) is 0 Å². The number of nitrogens with one attached hydrogen (secondary N) is 2. The molecule has 0 fully saturated rings. The number of carbonyl (C=O) groups is 1. The summed E-state index contributed by atoms with van der Waals surface area (Å²) < 4.78 is 7.96. The first kappa shape index (κ1) is 15.3. The molecule has 23 heavy (non-hydrogen) atoms. The molecule has 0 radical (unpaired) electrons. The van der Waals surface area contributed by atoms with Crippen molar-refractivity contribution in [3.63, 3.8) is 0 Å². The van der Waals surface area contributed by atoms with Crippen LogP contribution in [0.5, 0.6) is 0 Å². The summed E-state index contributed by atoms with van der Waals surface area (Å²) in [5, 5.41) is 2.92. The van der Waals surface area contributed by atoms with E-state index in [0.29, 0.717) is 21.8 Å². The molecule has 0 spiro atoms. The SMILES string of the molecule is Cc1oc(C)c(C(=O)Nc2cccc(-n3cc[nH]c3=S)c2)c1C. The van der Waals surface area contributed by atoms with Gasteiger partial charge in [0.05, 0.1) is 5.56 Å². The van der Waals surface area contributed by atoms with Gasteiger partial charge < -0.3 is 14.7 Å². The number of amides is 1. The Morgan fingerprint density at radius 2 is 2.04 bits per heavy atom. The average molecular weight is 327 g/mol. The second-order valence-corrected chi connectivity index (χ2v) is 5.74. The molecule has 3 rings (SSSR count). The van der Waals surface area contributed by atoms with E-state index in [0.717, 1.165) is 17.0 Å². The lowest BCUT2D eigenvalue weighted by atomic mass is 10.1. The number of rotatable bonds is 3. The van der Waals surface area contributed by atoms with Crippen LogP contribution in [-0.2, 0) is 0 Å². The molecule has 1 aromatic carbocycles. The number of aryl methyl sites for hydroxylation is 2. The third kappa shape index (κ3) is 2.85. The van der Waals surface area contributed by atoms with Gasteiger partial charge in [-0.1, -0.05) is 6.07 Å². The van der Waals surface area contributed by atoms with Gasteiger partial charge in [-0.3, -0.25) is 9.36 Å². The highest BCUT2D eigenvalue weighted by Crippen LogP contribution is 2.22. The monoisotopic (exact) mass is 327 g/mol. The van der Waals surface area contributed by atoms with Gasteiger partial charge in [0, 0.05) is 29.3 Å². The van der Waals surface area contributed by atoms with Gasteiger partial charge >= 0.3 is 0 Å². The predicted molar refractivity (Wildman–Crippen MR) is 91.8 cm³/mol. The van der Waals surface area contributed by atoms with Crippen molar-refractivity contribution in [1.29, 1.82) is 0 Å².